The summed E-state index contributed by atoms with van der Waals surface area (Å²) in [7, 11) is 0. The normalized spacial score (nSPS) is 14.5. The number of hydrogen-bond donors (Lipinski definition) is 2. The second-order valence-corrected chi connectivity index (χ2v) is 7.57. The van der Waals surface area contributed by atoms with Crippen LogP contribution in [0.3, 0.4) is 0 Å². The fraction of sp³-hybridized carbons (Fsp3) is 0.545. The van der Waals surface area contributed by atoms with Crippen LogP contribution >= 0.6 is 0 Å². The molecule has 1 aromatic carbocycles. The number of anilines is 2. The van der Waals surface area contributed by atoms with Gasteiger partial charge in [0.25, 0.3) is 0 Å². The van der Waals surface area contributed by atoms with Crippen LogP contribution in [0.1, 0.15) is 55.8 Å². The first-order chi connectivity index (χ1) is 13.7. The molecule has 4 N–H and O–H groups in total. The maximum Gasteiger partial charge on any atom is 0.222 e. The quantitative estimate of drug-likeness (QED) is 0.611. The third kappa shape index (κ3) is 5.83. The predicted molar refractivity (Wildman–Crippen MR) is 115 cm³/mol. The van der Waals surface area contributed by atoms with Gasteiger partial charge >= 0.3 is 0 Å². The number of aryl methyl sites for hydroxylation is 1. The Morgan fingerprint density at radius 1 is 1.11 bits per heavy atom. The fourth-order valence-corrected chi connectivity index (χ4v) is 3.76. The molecule has 6 heteroatoms. The average Bonchev–Trinajstić information content (AvgIpc) is 3.18. The van der Waals surface area contributed by atoms with Crippen molar-refractivity contribution < 1.29 is 4.74 Å². The Morgan fingerprint density at radius 3 is 2.71 bits per heavy atom. The minimum Gasteiger partial charge on any atom is -0.492 e. The summed E-state index contributed by atoms with van der Waals surface area (Å²) < 4.78 is 5.98. The van der Waals surface area contributed by atoms with Crippen molar-refractivity contribution in [2.75, 3.05) is 37.7 Å². The van der Waals surface area contributed by atoms with Gasteiger partial charge in [0.15, 0.2) is 0 Å². The van der Waals surface area contributed by atoms with Crippen molar-refractivity contribution in [3.63, 3.8) is 0 Å². The zero-order valence-corrected chi connectivity index (χ0v) is 17.0. The Balaban J connectivity index is 1.65. The van der Waals surface area contributed by atoms with Crippen LogP contribution in [-0.2, 0) is 12.8 Å². The highest BCUT2D eigenvalue weighted by molar-refractivity contribution is 5.49. The van der Waals surface area contributed by atoms with Crippen LogP contribution in [0, 0.1) is 0 Å². The third-order valence-electron chi connectivity index (χ3n) is 5.31. The molecule has 1 aliphatic rings. The van der Waals surface area contributed by atoms with Crippen molar-refractivity contribution in [1.82, 2.24) is 14.9 Å². The molecule has 1 aliphatic heterocycles. The van der Waals surface area contributed by atoms with Gasteiger partial charge in [0.05, 0.1) is 5.69 Å². The van der Waals surface area contributed by atoms with Crippen molar-refractivity contribution >= 4 is 11.8 Å². The van der Waals surface area contributed by atoms with Crippen molar-refractivity contribution in [1.29, 1.82) is 0 Å². The van der Waals surface area contributed by atoms with E-state index in [1.165, 1.54) is 38.8 Å². The van der Waals surface area contributed by atoms with Crippen molar-refractivity contribution in [3.05, 3.63) is 41.1 Å². The molecule has 0 radical (unpaired) electrons. The molecule has 2 aromatic rings. The molecule has 0 saturated carbocycles. The molecular formula is C22H33N5O. The lowest BCUT2D eigenvalue weighted by atomic mass is 10.0. The number of aromatic nitrogens is 2. The molecular weight excluding hydrogens is 350 g/mol. The summed E-state index contributed by atoms with van der Waals surface area (Å²) in [6, 6.07) is 8.23. The van der Waals surface area contributed by atoms with E-state index in [1.807, 2.05) is 12.1 Å². The average molecular weight is 384 g/mol. The van der Waals surface area contributed by atoms with Gasteiger partial charge in [0.2, 0.25) is 5.95 Å². The Labute approximate surface area is 168 Å². The number of nitrogens with zero attached hydrogens (tertiary/aromatic N) is 3. The Hall–Kier alpha value is -2.34. The minimum atomic E-state index is 0.256. The first-order valence-corrected chi connectivity index (χ1v) is 10.5. The van der Waals surface area contributed by atoms with E-state index in [1.54, 1.807) is 0 Å². The molecule has 152 valence electrons. The second kappa shape index (κ2) is 10.3. The highest BCUT2D eigenvalue weighted by Gasteiger charge is 2.13. The monoisotopic (exact) mass is 383 g/mol. The maximum atomic E-state index is 6.19. The molecule has 1 saturated heterocycles. The number of rotatable bonds is 10. The van der Waals surface area contributed by atoms with Gasteiger partial charge in [-0.25, -0.2) is 4.98 Å². The van der Waals surface area contributed by atoms with Gasteiger partial charge in [-0.05, 0) is 56.5 Å². The minimum absolute atomic E-state index is 0.256. The number of ether oxygens (including phenoxy) is 1. The van der Waals surface area contributed by atoms with Crippen LogP contribution in [-0.4, -0.2) is 41.1 Å². The van der Waals surface area contributed by atoms with Gasteiger partial charge in [-0.2, -0.15) is 4.98 Å². The molecule has 0 amide bonds. The van der Waals surface area contributed by atoms with Crippen LogP contribution in [0.15, 0.2) is 24.3 Å². The highest BCUT2D eigenvalue weighted by Crippen LogP contribution is 2.23. The van der Waals surface area contributed by atoms with Crippen molar-refractivity contribution in [3.8, 4) is 5.75 Å². The third-order valence-corrected chi connectivity index (χ3v) is 5.31. The van der Waals surface area contributed by atoms with E-state index >= 15 is 0 Å². The topological polar surface area (TPSA) is 90.3 Å². The number of unbranched alkanes of at least 4 members (excludes halogenated alkanes) is 2. The van der Waals surface area contributed by atoms with E-state index in [9.17, 15) is 0 Å². The van der Waals surface area contributed by atoms with Crippen molar-refractivity contribution in [2.24, 2.45) is 0 Å². The Morgan fingerprint density at radius 2 is 1.93 bits per heavy atom. The maximum absolute atomic E-state index is 6.19. The molecule has 0 bridgehead atoms. The molecule has 1 fully saturated rings. The SMILES string of the molecule is CCCCCc1nc(N)nc(N)c1Cc1cccc(OCCN2CCCC2)c1. The summed E-state index contributed by atoms with van der Waals surface area (Å²) in [4.78, 5) is 11.1. The van der Waals surface area contributed by atoms with Crippen LogP contribution in [0.25, 0.3) is 0 Å². The largest absolute Gasteiger partial charge is 0.492 e. The van der Waals surface area contributed by atoms with Gasteiger partial charge in [-0.15, -0.1) is 0 Å². The molecule has 0 aliphatic carbocycles. The number of nitrogens with two attached hydrogens (primary N) is 2. The predicted octanol–water partition coefficient (Wildman–Crippen LogP) is 3.44. The Kier molecular flexibility index (Phi) is 7.48. The smallest absolute Gasteiger partial charge is 0.222 e. The molecule has 3 rings (SSSR count). The van der Waals surface area contributed by atoms with Crippen LogP contribution < -0.4 is 16.2 Å². The number of benzene rings is 1. The van der Waals surface area contributed by atoms with E-state index < -0.39 is 0 Å². The van der Waals surface area contributed by atoms with Crippen molar-refractivity contribution in [2.45, 2.75) is 51.9 Å². The first kappa shape index (κ1) is 20.4. The Bertz CT molecular complexity index is 759. The van der Waals surface area contributed by atoms with Gasteiger partial charge in [-0.3, -0.25) is 4.90 Å². The standard InChI is InChI=1S/C22H33N5O/c1-2-3-4-10-20-19(21(23)26-22(24)25-20)16-17-8-7-9-18(15-17)28-14-13-27-11-5-6-12-27/h7-9,15H,2-6,10-14,16H2,1H3,(H4,23,24,25,26). The van der Waals surface area contributed by atoms with Gasteiger partial charge in [0.1, 0.15) is 18.2 Å². The van der Waals surface area contributed by atoms with E-state index in [0.717, 1.165) is 48.6 Å². The summed E-state index contributed by atoms with van der Waals surface area (Å²) in [5, 5.41) is 0. The molecule has 0 unspecified atom stereocenters. The van der Waals surface area contributed by atoms with E-state index in [0.29, 0.717) is 12.2 Å². The van der Waals surface area contributed by atoms with E-state index in [-0.39, 0.29) is 5.95 Å². The molecule has 28 heavy (non-hydrogen) atoms. The molecule has 0 atom stereocenters. The van der Waals surface area contributed by atoms with Gasteiger partial charge < -0.3 is 16.2 Å². The fourth-order valence-electron chi connectivity index (χ4n) is 3.76. The molecule has 1 aromatic heterocycles. The second-order valence-electron chi connectivity index (χ2n) is 7.57. The molecule has 2 heterocycles. The number of hydrogen-bond acceptors (Lipinski definition) is 6. The van der Waals surface area contributed by atoms with Crippen LogP contribution in [0.2, 0.25) is 0 Å². The first-order valence-electron chi connectivity index (χ1n) is 10.5. The number of nitrogen functional groups attached to an aromatic ring is 2. The summed E-state index contributed by atoms with van der Waals surface area (Å²) in [5.74, 6) is 1.64. The summed E-state index contributed by atoms with van der Waals surface area (Å²) in [5.41, 5.74) is 15.1. The summed E-state index contributed by atoms with van der Waals surface area (Å²) >= 11 is 0. The van der Waals surface area contributed by atoms with Crippen LogP contribution in [0.4, 0.5) is 11.8 Å². The van der Waals surface area contributed by atoms with E-state index in [4.69, 9.17) is 16.2 Å². The van der Waals surface area contributed by atoms with Crippen LogP contribution in [0.5, 0.6) is 5.75 Å². The summed E-state index contributed by atoms with van der Waals surface area (Å²) in [6.07, 6.45) is 7.61. The zero-order valence-electron chi connectivity index (χ0n) is 17.0. The lowest BCUT2D eigenvalue weighted by Crippen LogP contribution is -2.25. The number of likely N-dealkylation sites (tertiary alicyclic amines) is 1. The van der Waals surface area contributed by atoms with Gasteiger partial charge in [-0.1, -0.05) is 31.9 Å². The molecule has 6 nitrogen and oxygen atoms in total. The van der Waals surface area contributed by atoms with E-state index in [2.05, 4.69) is 33.9 Å². The molecule has 0 spiro atoms. The lowest BCUT2D eigenvalue weighted by molar-refractivity contribution is 0.237. The highest BCUT2D eigenvalue weighted by atomic mass is 16.5. The lowest BCUT2D eigenvalue weighted by Gasteiger charge is -2.16. The van der Waals surface area contributed by atoms with Gasteiger partial charge in [0, 0.05) is 18.5 Å². The zero-order chi connectivity index (χ0) is 19.8. The summed E-state index contributed by atoms with van der Waals surface area (Å²) in [6.45, 7) is 6.30.